The summed E-state index contributed by atoms with van der Waals surface area (Å²) in [5.41, 5.74) is 2.01. The predicted octanol–water partition coefficient (Wildman–Crippen LogP) is 4.74. The lowest BCUT2D eigenvalue weighted by molar-refractivity contribution is -0.128. The summed E-state index contributed by atoms with van der Waals surface area (Å²) in [6.45, 7) is 1.21. The van der Waals surface area contributed by atoms with Gasteiger partial charge in [0, 0.05) is 34.4 Å². The summed E-state index contributed by atoms with van der Waals surface area (Å²) in [5.74, 6) is 1.14. The number of rotatable bonds is 5. The van der Waals surface area contributed by atoms with E-state index in [9.17, 15) is 4.79 Å². The molecule has 1 aromatic heterocycles. The van der Waals surface area contributed by atoms with Crippen molar-refractivity contribution in [2.75, 3.05) is 12.8 Å². The summed E-state index contributed by atoms with van der Waals surface area (Å²) < 4.78 is 6.42. The summed E-state index contributed by atoms with van der Waals surface area (Å²) in [5, 5.41) is 4.09. The fourth-order valence-corrected chi connectivity index (χ4v) is 4.00. The molecule has 0 bridgehead atoms. The largest absolute Gasteiger partial charge is 0.339 e. The van der Waals surface area contributed by atoms with Crippen LogP contribution in [-0.2, 0) is 11.3 Å². The average Bonchev–Trinajstić information content (AvgIpc) is 3.30. The molecule has 27 heavy (non-hydrogen) atoms. The van der Waals surface area contributed by atoms with Crippen LogP contribution < -0.4 is 0 Å². The first-order chi connectivity index (χ1) is 13.1. The van der Waals surface area contributed by atoms with Crippen molar-refractivity contribution in [3.63, 3.8) is 0 Å². The third-order valence-electron chi connectivity index (χ3n) is 4.62. The van der Waals surface area contributed by atoms with Crippen molar-refractivity contribution < 1.29 is 9.32 Å². The van der Waals surface area contributed by atoms with Crippen molar-refractivity contribution in [3.05, 3.63) is 64.5 Å². The van der Waals surface area contributed by atoms with Gasteiger partial charge >= 0.3 is 0 Å². The number of likely N-dealkylation sites (tertiary alicyclic amines) is 1. The maximum absolute atomic E-state index is 12.4. The predicted molar refractivity (Wildman–Crippen MR) is 108 cm³/mol. The van der Waals surface area contributed by atoms with Gasteiger partial charge in [0.05, 0.1) is 5.92 Å². The highest BCUT2D eigenvalue weighted by Gasteiger charge is 2.34. The van der Waals surface area contributed by atoms with Gasteiger partial charge in [-0.05, 0) is 36.1 Å². The molecule has 5 nitrogen and oxygen atoms in total. The van der Waals surface area contributed by atoms with Crippen molar-refractivity contribution in [3.8, 4) is 11.4 Å². The first-order valence-corrected chi connectivity index (χ1v) is 10.6. The van der Waals surface area contributed by atoms with Crippen molar-refractivity contribution >= 4 is 33.6 Å². The van der Waals surface area contributed by atoms with E-state index in [4.69, 9.17) is 4.52 Å². The molecule has 1 atom stereocenters. The van der Waals surface area contributed by atoms with E-state index < -0.39 is 0 Å². The molecule has 1 aliphatic heterocycles. The molecule has 0 N–H and O–H groups in total. The lowest BCUT2D eigenvalue weighted by atomic mass is 10.1. The van der Waals surface area contributed by atoms with E-state index in [1.54, 1.807) is 11.8 Å². The van der Waals surface area contributed by atoms with E-state index in [0.717, 1.165) is 15.6 Å². The quantitative estimate of drug-likeness (QED) is 0.533. The normalized spacial score (nSPS) is 16.9. The number of carbonyl (C=O) groups is 1. The van der Waals surface area contributed by atoms with Crippen LogP contribution in [-0.4, -0.2) is 33.7 Å². The molecule has 1 aliphatic rings. The maximum atomic E-state index is 12.4. The van der Waals surface area contributed by atoms with Gasteiger partial charge in [0.25, 0.3) is 0 Å². The van der Waals surface area contributed by atoms with Crippen molar-refractivity contribution in [1.29, 1.82) is 0 Å². The second-order valence-electron chi connectivity index (χ2n) is 6.49. The highest BCUT2D eigenvalue weighted by Crippen LogP contribution is 2.30. The standard InChI is InChI=1S/C20H18BrN3O2S/c1-27-17-7-5-13(6-8-17)11-24-12-15(10-18(24)25)20-22-19(23-26-20)14-3-2-4-16(21)9-14/h2-9,15H,10-12H2,1H3. The number of hydrogen-bond acceptors (Lipinski definition) is 5. The Morgan fingerprint density at radius 1 is 1.26 bits per heavy atom. The van der Waals surface area contributed by atoms with Crippen LogP contribution in [0.5, 0.6) is 0 Å². The highest BCUT2D eigenvalue weighted by molar-refractivity contribution is 9.10. The zero-order chi connectivity index (χ0) is 18.8. The molecule has 1 unspecified atom stereocenters. The Morgan fingerprint density at radius 3 is 2.81 bits per heavy atom. The lowest BCUT2D eigenvalue weighted by Gasteiger charge is -2.16. The van der Waals surface area contributed by atoms with E-state index in [-0.39, 0.29) is 11.8 Å². The minimum atomic E-state index is -0.0589. The van der Waals surface area contributed by atoms with Gasteiger partial charge in [-0.1, -0.05) is 45.4 Å². The maximum Gasteiger partial charge on any atom is 0.232 e. The summed E-state index contributed by atoms with van der Waals surface area (Å²) in [7, 11) is 0. The highest BCUT2D eigenvalue weighted by atomic mass is 79.9. The monoisotopic (exact) mass is 443 g/mol. The van der Waals surface area contributed by atoms with Crippen LogP contribution in [0.1, 0.15) is 23.8 Å². The molecule has 0 aliphatic carbocycles. The number of amides is 1. The van der Waals surface area contributed by atoms with Gasteiger partial charge in [0.15, 0.2) is 0 Å². The van der Waals surface area contributed by atoms with E-state index in [2.05, 4.69) is 56.6 Å². The van der Waals surface area contributed by atoms with E-state index in [1.165, 1.54) is 4.90 Å². The molecular formula is C20H18BrN3O2S. The van der Waals surface area contributed by atoms with E-state index in [1.807, 2.05) is 29.2 Å². The zero-order valence-corrected chi connectivity index (χ0v) is 17.2. The molecule has 2 heterocycles. The molecule has 0 saturated carbocycles. The van der Waals surface area contributed by atoms with Crippen LogP contribution in [0.25, 0.3) is 11.4 Å². The SMILES string of the molecule is CSc1ccc(CN2CC(c3nc(-c4cccc(Br)c4)no3)CC2=O)cc1. The number of hydrogen-bond donors (Lipinski definition) is 0. The molecule has 2 aromatic carbocycles. The molecule has 3 aromatic rings. The van der Waals surface area contributed by atoms with Gasteiger partial charge in [-0.15, -0.1) is 11.8 Å². The molecule has 0 spiro atoms. The third-order valence-corrected chi connectivity index (χ3v) is 5.86. The minimum Gasteiger partial charge on any atom is -0.339 e. The second-order valence-corrected chi connectivity index (χ2v) is 8.29. The minimum absolute atomic E-state index is 0.0589. The first kappa shape index (κ1) is 18.3. The number of thioether (sulfide) groups is 1. The van der Waals surface area contributed by atoms with Crippen LogP contribution in [0, 0.1) is 0 Å². The van der Waals surface area contributed by atoms with E-state index in [0.29, 0.717) is 31.2 Å². The first-order valence-electron chi connectivity index (χ1n) is 8.62. The Labute approximate surface area is 170 Å². The van der Waals surface area contributed by atoms with Gasteiger partial charge in [0.1, 0.15) is 0 Å². The van der Waals surface area contributed by atoms with Gasteiger partial charge in [-0.3, -0.25) is 4.79 Å². The smallest absolute Gasteiger partial charge is 0.232 e. The third kappa shape index (κ3) is 4.09. The van der Waals surface area contributed by atoms with Crippen LogP contribution >= 0.6 is 27.7 Å². The molecule has 4 rings (SSSR count). The Balaban J connectivity index is 1.46. The number of nitrogens with zero attached hydrogens (tertiary/aromatic N) is 3. The van der Waals surface area contributed by atoms with Gasteiger partial charge in [-0.25, -0.2) is 0 Å². The van der Waals surface area contributed by atoms with E-state index >= 15 is 0 Å². The number of carbonyl (C=O) groups excluding carboxylic acids is 1. The topological polar surface area (TPSA) is 59.2 Å². The molecule has 1 saturated heterocycles. The van der Waals surface area contributed by atoms with Crippen LogP contribution in [0.3, 0.4) is 0 Å². The van der Waals surface area contributed by atoms with Gasteiger partial charge in [0.2, 0.25) is 17.6 Å². The van der Waals surface area contributed by atoms with Crippen LogP contribution in [0.2, 0.25) is 0 Å². The molecule has 1 amide bonds. The van der Waals surface area contributed by atoms with Gasteiger partial charge in [-0.2, -0.15) is 4.98 Å². The summed E-state index contributed by atoms with van der Waals surface area (Å²) in [6, 6.07) is 16.1. The Bertz CT molecular complexity index is 958. The molecular weight excluding hydrogens is 426 g/mol. The Morgan fingerprint density at radius 2 is 2.07 bits per heavy atom. The van der Waals surface area contributed by atoms with Crippen molar-refractivity contribution in [2.45, 2.75) is 23.8 Å². The fraction of sp³-hybridized carbons (Fsp3) is 0.250. The zero-order valence-electron chi connectivity index (χ0n) is 14.8. The van der Waals surface area contributed by atoms with Crippen molar-refractivity contribution in [2.24, 2.45) is 0 Å². The van der Waals surface area contributed by atoms with Crippen molar-refractivity contribution in [1.82, 2.24) is 15.0 Å². The number of aromatic nitrogens is 2. The molecule has 1 fully saturated rings. The van der Waals surface area contributed by atoms with Gasteiger partial charge < -0.3 is 9.42 Å². The molecule has 138 valence electrons. The molecule has 7 heteroatoms. The Kier molecular flexibility index (Phi) is 5.31. The Hall–Kier alpha value is -2.12. The van der Waals surface area contributed by atoms with Crippen LogP contribution in [0.4, 0.5) is 0 Å². The summed E-state index contributed by atoms with van der Waals surface area (Å²) in [4.78, 5) is 20.0. The number of benzene rings is 2. The second kappa shape index (κ2) is 7.86. The average molecular weight is 444 g/mol. The fourth-order valence-electron chi connectivity index (χ4n) is 3.19. The summed E-state index contributed by atoms with van der Waals surface area (Å²) >= 11 is 5.16. The summed E-state index contributed by atoms with van der Waals surface area (Å²) in [6.07, 6.45) is 2.46. The lowest BCUT2D eigenvalue weighted by Crippen LogP contribution is -2.24. The number of halogens is 1. The van der Waals surface area contributed by atoms with Crippen LogP contribution in [0.15, 0.2) is 62.4 Å². The molecule has 0 radical (unpaired) electrons.